The maximum absolute atomic E-state index is 12.3. The van der Waals surface area contributed by atoms with Gasteiger partial charge in [0.2, 0.25) is 0 Å². The summed E-state index contributed by atoms with van der Waals surface area (Å²) in [6.45, 7) is 1.43. The Balaban J connectivity index is 2.14. The molecule has 1 aromatic rings. The molecule has 0 saturated heterocycles. The fourth-order valence-corrected chi connectivity index (χ4v) is 4.44. The van der Waals surface area contributed by atoms with Gasteiger partial charge in [0.05, 0.1) is 12.7 Å². The highest BCUT2D eigenvalue weighted by atomic mass is 32.1. The minimum Gasteiger partial charge on any atom is -0.465 e. The molecule has 1 aliphatic rings. The summed E-state index contributed by atoms with van der Waals surface area (Å²) in [7, 11) is 3.11. The summed E-state index contributed by atoms with van der Waals surface area (Å²) >= 11 is 6.99. The molecule has 0 aromatic carbocycles. The molecule has 0 bridgehead atoms. The van der Waals surface area contributed by atoms with Gasteiger partial charge in [-0.05, 0) is 49.9 Å². The molecule has 7 heteroatoms. The molecular formula is C17H26N2O3S2. The first-order valence-electron chi connectivity index (χ1n) is 8.44. The highest BCUT2D eigenvalue weighted by Gasteiger charge is 2.25. The topological polar surface area (TPSA) is 59.6 Å². The number of rotatable bonds is 6. The van der Waals surface area contributed by atoms with Gasteiger partial charge in [0.1, 0.15) is 5.00 Å². The third-order valence-corrected chi connectivity index (χ3v) is 5.55. The molecule has 1 heterocycles. The van der Waals surface area contributed by atoms with Crippen molar-refractivity contribution in [3.63, 3.8) is 0 Å². The SMILES string of the molecule is COCCCNC(=S)Nc1sc2c(c1C(=O)OC)CCCCCC2. The largest absolute Gasteiger partial charge is 0.465 e. The fraction of sp³-hybridized carbons (Fsp3) is 0.647. The average Bonchev–Trinajstić information content (AvgIpc) is 2.87. The van der Waals surface area contributed by atoms with Gasteiger partial charge in [0.15, 0.2) is 5.11 Å². The van der Waals surface area contributed by atoms with Crippen LogP contribution < -0.4 is 10.6 Å². The molecule has 0 atom stereocenters. The number of aryl methyl sites for hydroxylation is 1. The Morgan fingerprint density at radius 2 is 1.96 bits per heavy atom. The Labute approximate surface area is 153 Å². The lowest BCUT2D eigenvalue weighted by Crippen LogP contribution is -2.30. The van der Waals surface area contributed by atoms with Crippen LogP contribution in [0.25, 0.3) is 0 Å². The number of carbonyl (C=O) groups is 1. The summed E-state index contributed by atoms with van der Waals surface area (Å²) in [5.74, 6) is -0.280. The molecular weight excluding hydrogens is 344 g/mol. The van der Waals surface area contributed by atoms with Crippen molar-refractivity contribution in [2.45, 2.75) is 44.9 Å². The molecule has 1 aromatic heterocycles. The van der Waals surface area contributed by atoms with Crippen LogP contribution in [0.4, 0.5) is 5.00 Å². The van der Waals surface area contributed by atoms with E-state index in [-0.39, 0.29) is 5.97 Å². The van der Waals surface area contributed by atoms with Gasteiger partial charge < -0.3 is 20.1 Å². The van der Waals surface area contributed by atoms with Crippen LogP contribution in [-0.4, -0.2) is 38.5 Å². The van der Waals surface area contributed by atoms with E-state index in [1.807, 2.05) is 0 Å². The molecule has 24 heavy (non-hydrogen) atoms. The lowest BCUT2D eigenvalue weighted by Gasteiger charge is -2.12. The number of carbonyl (C=O) groups excluding carboxylic acids is 1. The number of thiophene rings is 1. The van der Waals surface area contributed by atoms with Crippen LogP contribution >= 0.6 is 23.6 Å². The Hall–Kier alpha value is -1.18. The fourth-order valence-electron chi connectivity index (χ4n) is 2.89. The van der Waals surface area contributed by atoms with Crippen molar-refractivity contribution in [1.29, 1.82) is 0 Å². The van der Waals surface area contributed by atoms with Crippen molar-refractivity contribution in [3.05, 3.63) is 16.0 Å². The summed E-state index contributed by atoms with van der Waals surface area (Å²) < 4.78 is 10.0. The molecule has 0 saturated carbocycles. The zero-order chi connectivity index (χ0) is 17.4. The quantitative estimate of drug-likeness (QED) is 0.454. The van der Waals surface area contributed by atoms with E-state index in [0.29, 0.717) is 17.3 Å². The molecule has 0 fully saturated rings. The zero-order valence-corrected chi connectivity index (χ0v) is 16.0. The second-order valence-corrected chi connectivity index (χ2v) is 7.35. The van der Waals surface area contributed by atoms with Crippen LogP contribution in [-0.2, 0) is 22.3 Å². The molecule has 0 amide bonds. The van der Waals surface area contributed by atoms with Gasteiger partial charge >= 0.3 is 5.97 Å². The first-order valence-corrected chi connectivity index (χ1v) is 9.66. The van der Waals surface area contributed by atoms with Crippen LogP contribution in [0.5, 0.6) is 0 Å². The summed E-state index contributed by atoms with van der Waals surface area (Å²) in [5.41, 5.74) is 1.82. The Bertz CT molecular complexity index is 572. The lowest BCUT2D eigenvalue weighted by atomic mass is 9.96. The van der Waals surface area contributed by atoms with Crippen LogP contribution in [0, 0.1) is 0 Å². The van der Waals surface area contributed by atoms with Crippen molar-refractivity contribution in [2.75, 3.05) is 32.7 Å². The van der Waals surface area contributed by atoms with E-state index in [1.54, 1.807) is 18.4 Å². The monoisotopic (exact) mass is 370 g/mol. The van der Waals surface area contributed by atoms with E-state index < -0.39 is 0 Å². The summed E-state index contributed by atoms with van der Waals surface area (Å²) in [6, 6.07) is 0. The number of anilines is 1. The molecule has 0 aliphatic heterocycles. The van der Waals surface area contributed by atoms with Crippen LogP contribution in [0.3, 0.4) is 0 Å². The Morgan fingerprint density at radius 3 is 2.67 bits per heavy atom. The van der Waals surface area contributed by atoms with Crippen LogP contribution in [0.15, 0.2) is 0 Å². The second-order valence-electron chi connectivity index (χ2n) is 5.84. The van der Waals surface area contributed by atoms with Gasteiger partial charge in [-0.15, -0.1) is 11.3 Å². The predicted octanol–water partition coefficient (Wildman–Crippen LogP) is 3.52. The van der Waals surface area contributed by atoms with Crippen molar-refractivity contribution in [1.82, 2.24) is 5.32 Å². The van der Waals surface area contributed by atoms with Crippen molar-refractivity contribution < 1.29 is 14.3 Å². The standard InChI is InChI=1S/C17H26N2O3S2/c1-21-11-7-10-18-17(23)19-15-14(16(20)22-2)12-8-5-3-4-6-9-13(12)24-15/h3-11H2,1-2H3,(H2,18,19,23). The first-order chi connectivity index (χ1) is 11.7. The van der Waals surface area contributed by atoms with E-state index >= 15 is 0 Å². The summed E-state index contributed by atoms with van der Waals surface area (Å²) in [4.78, 5) is 13.6. The molecule has 134 valence electrons. The smallest absolute Gasteiger partial charge is 0.341 e. The Morgan fingerprint density at radius 1 is 1.21 bits per heavy atom. The zero-order valence-electron chi connectivity index (χ0n) is 14.4. The number of methoxy groups -OCH3 is 2. The molecule has 0 spiro atoms. The minimum atomic E-state index is -0.280. The number of hydrogen-bond donors (Lipinski definition) is 2. The summed E-state index contributed by atoms with van der Waals surface area (Å²) in [6.07, 6.45) is 7.61. The van der Waals surface area contributed by atoms with Crippen molar-refractivity contribution in [2.24, 2.45) is 0 Å². The van der Waals surface area contributed by atoms with E-state index in [9.17, 15) is 4.79 Å². The highest BCUT2D eigenvalue weighted by molar-refractivity contribution is 7.80. The molecule has 5 nitrogen and oxygen atoms in total. The Kier molecular flexibility index (Phi) is 7.94. The number of esters is 1. The van der Waals surface area contributed by atoms with E-state index in [0.717, 1.165) is 42.8 Å². The third kappa shape index (κ3) is 5.16. The average molecular weight is 371 g/mol. The van der Waals surface area contributed by atoms with Crippen LogP contribution in [0.2, 0.25) is 0 Å². The van der Waals surface area contributed by atoms with E-state index in [4.69, 9.17) is 21.7 Å². The highest BCUT2D eigenvalue weighted by Crippen LogP contribution is 2.37. The van der Waals surface area contributed by atoms with Gasteiger partial charge in [-0.2, -0.15) is 0 Å². The number of nitrogens with one attached hydrogen (secondary N) is 2. The van der Waals surface area contributed by atoms with Crippen LogP contribution in [0.1, 0.15) is 52.9 Å². The van der Waals surface area contributed by atoms with E-state index in [1.165, 1.54) is 31.2 Å². The van der Waals surface area contributed by atoms with Gasteiger partial charge in [0, 0.05) is 25.1 Å². The molecule has 1 aliphatic carbocycles. The van der Waals surface area contributed by atoms with Crippen molar-refractivity contribution in [3.8, 4) is 0 Å². The minimum absolute atomic E-state index is 0.280. The maximum atomic E-state index is 12.3. The lowest BCUT2D eigenvalue weighted by molar-refractivity contribution is 0.0601. The van der Waals surface area contributed by atoms with E-state index in [2.05, 4.69) is 10.6 Å². The summed E-state index contributed by atoms with van der Waals surface area (Å²) in [5, 5.41) is 7.68. The van der Waals surface area contributed by atoms with Crippen molar-refractivity contribution >= 4 is 39.6 Å². The van der Waals surface area contributed by atoms with Gasteiger partial charge in [-0.1, -0.05) is 12.8 Å². The molecule has 2 N–H and O–H groups in total. The molecule has 0 radical (unpaired) electrons. The number of hydrogen-bond acceptors (Lipinski definition) is 5. The predicted molar refractivity (Wildman–Crippen MR) is 102 cm³/mol. The third-order valence-electron chi connectivity index (χ3n) is 4.10. The second kappa shape index (κ2) is 9.96. The normalized spacial score (nSPS) is 14.2. The van der Waals surface area contributed by atoms with Gasteiger partial charge in [0.25, 0.3) is 0 Å². The number of fused-ring (bicyclic) bond motifs is 1. The van der Waals surface area contributed by atoms with Gasteiger partial charge in [-0.25, -0.2) is 4.79 Å². The van der Waals surface area contributed by atoms with Gasteiger partial charge in [-0.3, -0.25) is 0 Å². The number of thiocarbonyl (C=S) groups is 1. The molecule has 2 rings (SSSR count). The number of ether oxygens (including phenoxy) is 2. The maximum Gasteiger partial charge on any atom is 0.341 e. The first kappa shape index (κ1) is 19.1. The molecule has 0 unspecified atom stereocenters.